The number of likely N-dealkylation sites (tertiary alicyclic amines) is 1. The number of aromatic nitrogens is 3. The zero-order valence-electron chi connectivity index (χ0n) is 10.5. The van der Waals surface area contributed by atoms with Crippen molar-refractivity contribution in [3.8, 4) is 0 Å². The van der Waals surface area contributed by atoms with E-state index >= 15 is 0 Å². The summed E-state index contributed by atoms with van der Waals surface area (Å²) < 4.78 is 1.32. The van der Waals surface area contributed by atoms with Crippen LogP contribution in [0, 0.1) is 5.92 Å². The molecule has 0 bridgehead atoms. The van der Waals surface area contributed by atoms with Crippen molar-refractivity contribution < 1.29 is 5.11 Å². The Bertz CT molecular complexity index is 623. The van der Waals surface area contributed by atoms with Gasteiger partial charge in [0.1, 0.15) is 5.51 Å². The summed E-state index contributed by atoms with van der Waals surface area (Å²) in [5.41, 5.74) is 2.28. The first kappa shape index (κ1) is 12.7. The van der Waals surface area contributed by atoms with Crippen molar-refractivity contribution in [2.24, 2.45) is 5.92 Å². The van der Waals surface area contributed by atoms with E-state index in [0.29, 0.717) is 17.4 Å². The Morgan fingerprint density at radius 1 is 1.53 bits per heavy atom. The van der Waals surface area contributed by atoms with Gasteiger partial charge >= 0.3 is 0 Å². The van der Waals surface area contributed by atoms with E-state index in [1.54, 1.807) is 11.6 Å². The molecule has 0 saturated carbocycles. The Morgan fingerprint density at radius 3 is 3.26 bits per heavy atom. The van der Waals surface area contributed by atoms with E-state index in [4.69, 9.17) is 0 Å². The second-order valence-corrected chi connectivity index (χ2v) is 5.76. The fourth-order valence-corrected chi connectivity index (χ4v) is 3.20. The lowest BCUT2D eigenvalue weighted by Crippen LogP contribution is -2.36. The molecule has 1 saturated heterocycles. The van der Waals surface area contributed by atoms with Gasteiger partial charge in [-0.2, -0.15) is 9.61 Å². The number of aliphatic hydroxyl groups excluding tert-OH is 1. The summed E-state index contributed by atoms with van der Waals surface area (Å²) in [7, 11) is 0. The average Bonchev–Trinajstić information content (AvgIpc) is 2.88. The lowest BCUT2D eigenvalue weighted by Gasteiger charge is -2.31. The van der Waals surface area contributed by atoms with E-state index in [0.717, 1.165) is 31.6 Å². The Morgan fingerprint density at radius 2 is 2.42 bits per heavy atom. The minimum Gasteiger partial charge on any atom is -0.396 e. The molecular formula is C12H16N4O2S. The van der Waals surface area contributed by atoms with E-state index in [9.17, 15) is 9.90 Å². The van der Waals surface area contributed by atoms with Gasteiger partial charge in [-0.15, -0.1) is 0 Å². The van der Waals surface area contributed by atoms with Gasteiger partial charge in [-0.25, -0.2) is 4.98 Å². The fourth-order valence-electron chi connectivity index (χ4n) is 2.55. The number of aliphatic hydroxyl groups is 1. The highest BCUT2D eigenvalue weighted by Crippen LogP contribution is 2.17. The molecular weight excluding hydrogens is 264 g/mol. The lowest BCUT2D eigenvalue weighted by molar-refractivity contribution is 0.115. The van der Waals surface area contributed by atoms with Gasteiger partial charge in [0, 0.05) is 25.8 Å². The normalized spacial score (nSPS) is 21.0. The number of piperidine rings is 1. The van der Waals surface area contributed by atoms with Gasteiger partial charge in [0.25, 0.3) is 5.56 Å². The third-order valence-corrected chi connectivity index (χ3v) is 4.16. The average molecular weight is 280 g/mol. The highest BCUT2D eigenvalue weighted by molar-refractivity contribution is 7.14. The summed E-state index contributed by atoms with van der Waals surface area (Å²) in [4.78, 5) is 19.2. The first-order valence-corrected chi connectivity index (χ1v) is 7.30. The summed E-state index contributed by atoms with van der Waals surface area (Å²) in [6.07, 6.45) is 2.17. The minimum absolute atomic E-state index is 0.128. The van der Waals surface area contributed by atoms with Crippen LogP contribution in [0.2, 0.25) is 0 Å². The Hall–Kier alpha value is -1.31. The van der Waals surface area contributed by atoms with Crippen LogP contribution < -0.4 is 5.56 Å². The van der Waals surface area contributed by atoms with Crippen LogP contribution in [-0.4, -0.2) is 44.3 Å². The molecule has 6 nitrogen and oxygen atoms in total. The van der Waals surface area contributed by atoms with Crippen LogP contribution in [0.15, 0.2) is 16.4 Å². The first-order valence-electron chi connectivity index (χ1n) is 6.42. The molecule has 102 valence electrons. The quantitative estimate of drug-likeness (QED) is 0.879. The number of nitrogens with zero attached hydrogens (tertiary/aromatic N) is 4. The molecule has 0 aliphatic carbocycles. The van der Waals surface area contributed by atoms with Crippen molar-refractivity contribution in [2.45, 2.75) is 19.4 Å². The monoisotopic (exact) mass is 280 g/mol. The molecule has 7 heteroatoms. The van der Waals surface area contributed by atoms with Crippen molar-refractivity contribution >= 4 is 16.3 Å². The Labute approximate surface area is 114 Å². The SMILES string of the molecule is O=c1cc(CN2CCCC(CO)C2)nc2scnn12. The van der Waals surface area contributed by atoms with E-state index in [1.807, 2.05) is 0 Å². The maximum Gasteiger partial charge on any atom is 0.275 e. The second-order valence-electron chi connectivity index (χ2n) is 4.94. The van der Waals surface area contributed by atoms with Gasteiger partial charge in [0.15, 0.2) is 0 Å². The van der Waals surface area contributed by atoms with Gasteiger partial charge in [-0.1, -0.05) is 11.3 Å². The highest BCUT2D eigenvalue weighted by Gasteiger charge is 2.19. The third-order valence-electron chi connectivity index (χ3n) is 3.49. The van der Waals surface area contributed by atoms with Crippen LogP contribution in [0.1, 0.15) is 18.5 Å². The molecule has 1 N–H and O–H groups in total. The number of fused-ring (bicyclic) bond motifs is 1. The summed E-state index contributed by atoms with van der Waals surface area (Å²) in [6.45, 7) is 2.78. The van der Waals surface area contributed by atoms with Crippen LogP contribution in [0.4, 0.5) is 0 Å². The molecule has 2 aromatic rings. The van der Waals surface area contributed by atoms with Crippen LogP contribution in [-0.2, 0) is 6.54 Å². The van der Waals surface area contributed by atoms with Gasteiger partial charge in [0.2, 0.25) is 4.96 Å². The highest BCUT2D eigenvalue weighted by atomic mass is 32.1. The van der Waals surface area contributed by atoms with Crippen molar-refractivity contribution in [3.05, 3.63) is 27.6 Å². The predicted molar refractivity (Wildman–Crippen MR) is 72.2 cm³/mol. The van der Waals surface area contributed by atoms with Crippen molar-refractivity contribution in [1.29, 1.82) is 0 Å². The molecule has 3 rings (SSSR count). The molecule has 1 fully saturated rings. The molecule has 1 atom stereocenters. The topological polar surface area (TPSA) is 70.7 Å². The standard InChI is InChI=1S/C12H16N4O2S/c17-7-9-2-1-3-15(5-9)6-10-4-11(18)16-12(14-10)19-8-13-16/h4,8-9,17H,1-3,5-7H2. The Balaban J connectivity index is 1.79. The second kappa shape index (κ2) is 5.36. The molecule has 19 heavy (non-hydrogen) atoms. The summed E-state index contributed by atoms with van der Waals surface area (Å²) in [5.74, 6) is 0.349. The molecule has 0 aromatic carbocycles. The molecule has 2 aromatic heterocycles. The summed E-state index contributed by atoms with van der Waals surface area (Å²) >= 11 is 1.36. The molecule has 1 aliphatic rings. The third kappa shape index (κ3) is 2.68. The van der Waals surface area contributed by atoms with Crippen molar-refractivity contribution in [3.63, 3.8) is 0 Å². The van der Waals surface area contributed by atoms with E-state index in [1.165, 1.54) is 15.9 Å². The van der Waals surface area contributed by atoms with Crippen LogP contribution in [0.3, 0.4) is 0 Å². The van der Waals surface area contributed by atoms with Crippen LogP contribution in [0.25, 0.3) is 4.96 Å². The largest absolute Gasteiger partial charge is 0.396 e. The zero-order valence-corrected chi connectivity index (χ0v) is 11.3. The Kier molecular flexibility index (Phi) is 3.58. The molecule has 3 heterocycles. The van der Waals surface area contributed by atoms with E-state index < -0.39 is 0 Å². The molecule has 1 unspecified atom stereocenters. The molecule has 0 radical (unpaired) electrons. The first-order chi connectivity index (χ1) is 9.26. The zero-order chi connectivity index (χ0) is 13.2. The van der Waals surface area contributed by atoms with Gasteiger partial charge in [-0.3, -0.25) is 9.69 Å². The maximum atomic E-state index is 11.8. The fraction of sp³-hybridized carbons (Fsp3) is 0.583. The van der Waals surface area contributed by atoms with Gasteiger partial charge < -0.3 is 5.11 Å². The molecule has 0 amide bonds. The minimum atomic E-state index is -0.128. The molecule has 0 spiro atoms. The van der Waals surface area contributed by atoms with Gasteiger partial charge in [0.05, 0.1) is 5.69 Å². The lowest BCUT2D eigenvalue weighted by atomic mass is 9.99. The number of hydrogen-bond donors (Lipinski definition) is 1. The van der Waals surface area contributed by atoms with Crippen LogP contribution >= 0.6 is 11.3 Å². The predicted octanol–water partition coefficient (Wildman–Crippen LogP) is 0.355. The smallest absolute Gasteiger partial charge is 0.275 e. The van der Waals surface area contributed by atoms with E-state index in [2.05, 4.69) is 15.0 Å². The summed E-state index contributed by atoms with van der Waals surface area (Å²) in [6, 6.07) is 1.55. The number of hydrogen-bond acceptors (Lipinski definition) is 6. The van der Waals surface area contributed by atoms with E-state index in [-0.39, 0.29) is 12.2 Å². The molecule has 1 aliphatic heterocycles. The van der Waals surface area contributed by atoms with Gasteiger partial charge in [-0.05, 0) is 25.3 Å². The summed E-state index contributed by atoms with van der Waals surface area (Å²) in [5, 5.41) is 13.2. The van der Waals surface area contributed by atoms with Crippen LogP contribution in [0.5, 0.6) is 0 Å². The number of rotatable bonds is 3. The van der Waals surface area contributed by atoms with Crippen molar-refractivity contribution in [1.82, 2.24) is 19.5 Å². The maximum absolute atomic E-state index is 11.8. The van der Waals surface area contributed by atoms with Crippen molar-refractivity contribution in [2.75, 3.05) is 19.7 Å².